The lowest BCUT2D eigenvalue weighted by Crippen LogP contribution is -2.36. The summed E-state index contributed by atoms with van der Waals surface area (Å²) in [5.41, 5.74) is 3.72. The van der Waals surface area contributed by atoms with Gasteiger partial charge < -0.3 is 5.32 Å². The summed E-state index contributed by atoms with van der Waals surface area (Å²) in [4.78, 5) is 38.5. The second-order valence-electron chi connectivity index (χ2n) is 8.06. The molecule has 1 heterocycles. The van der Waals surface area contributed by atoms with Crippen molar-refractivity contribution in [2.24, 2.45) is 0 Å². The average Bonchev–Trinajstić information content (AvgIpc) is 2.89. The predicted molar refractivity (Wildman–Crippen MR) is 118 cm³/mol. The van der Waals surface area contributed by atoms with Gasteiger partial charge in [-0.15, -0.1) is 0 Å². The second kappa shape index (κ2) is 8.25. The Bertz CT molecular complexity index is 988. The first-order valence-electron chi connectivity index (χ1n) is 9.36. The summed E-state index contributed by atoms with van der Waals surface area (Å²) in [5, 5.41) is 2.28. The Morgan fingerprint density at radius 2 is 1.79 bits per heavy atom. The van der Waals surface area contributed by atoms with Crippen molar-refractivity contribution < 1.29 is 14.4 Å². The van der Waals surface area contributed by atoms with Gasteiger partial charge in [0.1, 0.15) is 6.54 Å². The summed E-state index contributed by atoms with van der Waals surface area (Å²) in [6.07, 6.45) is 1.69. The molecule has 1 N–H and O–H groups in total. The zero-order valence-electron chi connectivity index (χ0n) is 17.0. The molecule has 29 heavy (non-hydrogen) atoms. The first kappa shape index (κ1) is 20.9. The average molecular weight is 409 g/mol. The zero-order valence-corrected chi connectivity index (χ0v) is 17.8. The smallest absolute Gasteiger partial charge is 0.294 e. The number of thioether (sulfide) groups is 1. The van der Waals surface area contributed by atoms with Crippen LogP contribution in [0.2, 0.25) is 0 Å². The Morgan fingerprint density at radius 1 is 1.10 bits per heavy atom. The van der Waals surface area contributed by atoms with Crippen molar-refractivity contribution in [3.8, 4) is 0 Å². The Balaban J connectivity index is 1.69. The minimum Gasteiger partial charge on any atom is -0.325 e. The van der Waals surface area contributed by atoms with E-state index in [4.69, 9.17) is 0 Å². The second-order valence-corrected chi connectivity index (χ2v) is 9.05. The van der Waals surface area contributed by atoms with Crippen molar-refractivity contribution in [1.29, 1.82) is 0 Å². The van der Waals surface area contributed by atoms with Gasteiger partial charge in [0, 0.05) is 5.69 Å². The Morgan fingerprint density at radius 3 is 2.41 bits per heavy atom. The molecular weight excluding hydrogens is 384 g/mol. The Labute approximate surface area is 175 Å². The standard InChI is InChI=1S/C23H24N2O3S/c1-15-6-5-7-18(12-15)24-20(26)14-25-21(27)19(29-22(25)28)13-16-8-10-17(11-9-16)23(2,3)4/h5-13H,14H2,1-4H3,(H,24,26)/b19-13-. The Kier molecular flexibility index (Phi) is 5.94. The first-order valence-corrected chi connectivity index (χ1v) is 10.2. The number of rotatable bonds is 4. The lowest BCUT2D eigenvalue weighted by molar-refractivity contribution is -0.127. The third-order valence-corrected chi connectivity index (χ3v) is 5.46. The number of hydrogen-bond donors (Lipinski definition) is 1. The molecule has 0 saturated carbocycles. The third-order valence-electron chi connectivity index (χ3n) is 4.55. The maximum absolute atomic E-state index is 12.6. The number of benzene rings is 2. The number of amides is 3. The minimum absolute atomic E-state index is 0.0427. The first-order chi connectivity index (χ1) is 13.6. The number of anilines is 1. The van der Waals surface area contributed by atoms with E-state index in [-0.39, 0.29) is 12.0 Å². The van der Waals surface area contributed by atoms with Crippen LogP contribution in [0.4, 0.5) is 10.5 Å². The van der Waals surface area contributed by atoms with Gasteiger partial charge in [0.2, 0.25) is 5.91 Å². The third kappa shape index (κ3) is 5.15. The number of nitrogens with one attached hydrogen (secondary N) is 1. The molecule has 1 fully saturated rings. The highest BCUT2D eigenvalue weighted by molar-refractivity contribution is 8.18. The molecule has 0 aromatic heterocycles. The maximum Gasteiger partial charge on any atom is 0.294 e. The highest BCUT2D eigenvalue weighted by Crippen LogP contribution is 2.32. The molecule has 3 amide bonds. The van der Waals surface area contributed by atoms with Crippen LogP contribution in [-0.4, -0.2) is 28.5 Å². The van der Waals surface area contributed by atoms with Gasteiger partial charge in [0.15, 0.2) is 0 Å². The molecule has 0 spiro atoms. The number of aryl methyl sites for hydroxylation is 1. The van der Waals surface area contributed by atoms with Gasteiger partial charge in [-0.2, -0.15) is 0 Å². The number of imide groups is 1. The molecule has 1 saturated heterocycles. The number of carbonyl (C=O) groups excluding carboxylic acids is 3. The quantitative estimate of drug-likeness (QED) is 0.726. The summed E-state index contributed by atoms with van der Waals surface area (Å²) < 4.78 is 0. The van der Waals surface area contributed by atoms with Crippen LogP contribution >= 0.6 is 11.8 Å². The fourth-order valence-corrected chi connectivity index (χ4v) is 3.77. The van der Waals surface area contributed by atoms with Gasteiger partial charge in [-0.05, 0) is 59.0 Å². The normalized spacial score (nSPS) is 15.9. The van der Waals surface area contributed by atoms with Crippen molar-refractivity contribution in [2.75, 3.05) is 11.9 Å². The lowest BCUT2D eigenvalue weighted by atomic mass is 9.87. The van der Waals surface area contributed by atoms with E-state index in [9.17, 15) is 14.4 Å². The predicted octanol–water partition coefficient (Wildman–Crippen LogP) is 4.97. The van der Waals surface area contributed by atoms with Crippen LogP contribution in [0, 0.1) is 6.92 Å². The van der Waals surface area contributed by atoms with Crippen LogP contribution < -0.4 is 5.32 Å². The molecule has 2 aromatic rings. The molecule has 0 aliphatic carbocycles. The van der Waals surface area contributed by atoms with Crippen molar-refractivity contribution in [3.05, 3.63) is 70.1 Å². The van der Waals surface area contributed by atoms with Crippen molar-refractivity contribution in [3.63, 3.8) is 0 Å². The van der Waals surface area contributed by atoms with Crippen LogP contribution in [-0.2, 0) is 15.0 Å². The highest BCUT2D eigenvalue weighted by Gasteiger charge is 2.36. The lowest BCUT2D eigenvalue weighted by Gasteiger charge is -2.18. The summed E-state index contributed by atoms with van der Waals surface area (Å²) >= 11 is 0.856. The van der Waals surface area contributed by atoms with Gasteiger partial charge >= 0.3 is 0 Å². The van der Waals surface area contributed by atoms with E-state index in [1.165, 1.54) is 5.56 Å². The zero-order chi connectivity index (χ0) is 21.2. The van der Waals surface area contributed by atoms with Gasteiger partial charge in [-0.3, -0.25) is 19.3 Å². The molecule has 6 heteroatoms. The summed E-state index contributed by atoms with van der Waals surface area (Å²) in [7, 11) is 0. The topological polar surface area (TPSA) is 66.5 Å². The molecule has 1 aliphatic rings. The molecule has 2 aromatic carbocycles. The molecule has 150 valence electrons. The molecule has 1 aliphatic heterocycles. The van der Waals surface area contributed by atoms with Gasteiger partial charge in [-0.1, -0.05) is 57.2 Å². The summed E-state index contributed by atoms with van der Waals surface area (Å²) in [6.45, 7) is 8.02. The fourth-order valence-electron chi connectivity index (χ4n) is 2.93. The molecule has 0 atom stereocenters. The molecule has 3 rings (SSSR count). The minimum atomic E-state index is -0.445. The summed E-state index contributed by atoms with van der Waals surface area (Å²) in [6, 6.07) is 15.2. The van der Waals surface area contributed by atoms with Crippen molar-refractivity contribution in [1.82, 2.24) is 4.90 Å². The number of carbonyl (C=O) groups is 3. The van der Waals surface area contributed by atoms with Gasteiger partial charge in [-0.25, -0.2) is 0 Å². The van der Waals surface area contributed by atoms with E-state index in [0.717, 1.165) is 27.8 Å². The van der Waals surface area contributed by atoms with E-state index >= 15 is 0 Å². The molecule has 5 nitrogen and oxygen atoms in total. The highest BCUT2D eigenvalue weighted by atomic mass is 32.2. The molecular formula is C23H24N2O3S. The largest absolute Gasteiger partial charge is 0.325 e. The summed E-state index contributed by atoms with van der Waals surface area (Å²) in [5.74, 6) is -0.854. The van der Waals surface area contributed by atoms with E-state index in [2.05, 4.69) is 26.1 Å². The maximum atomic E-state index is 12.6. The Hall–Kier alpha value is -2.86. The van der Waals surface area contributed by atoms with E-state index in [1.807, 2.05) is 49.4 Å². The monoisotopic (exact) mass is 408 g/mol. The van der Waals surface area contributed by atoms with Gasteiger partial charge in [0.05, 0.1) is 4.91 Å². The van der Waals surface area contributed by atoms with E-state index < -0.39 is 17.1 Å². The molecule has 0 unspecified atom stereocenters. The van der Waals surface area contributed by atoms with Crippen LogP contribution in [0.15, 0.2) is 53.4 Å². The number of hydrogen-bond acceptors (Lipinski definition) is 4. The number of nitrogens with zero attached hydrogens (tertiary/aromatic N) is 1. The van der Waals surface area contributed by atoms with Crippen LogP contribution in [0.5, 0.6) is 0 Å². The van der Waals surface area contributed by atoms with E-state index in [0.29, 0.717) is 10.6 Å². The van der Waals surface area contributed by atoms with Crippen molar-refractivity contribution >= 4 is 40.6 Å². The molecule has 0 radical (unpaired) electrons. The molecule has 0 bridgehead atoms. The van der Waals surface area contributed by atoms with E-state index in [1.54, 1.807) is 12.1 Å². The van der Waals surface area contributed by atoms with Crippen LogP contribution in [0.3, 0.4) is 0 Å². The van der Waals surface area contributed by atoms with Crippen LogP contribution in [0.1, 0.15) is 37.5 Å². The SMILES string of the molecule is Cc1cccc(NC(=O)CN2C(=O)S/C(=C\c3ccc(C(C)(C)C)cc3)C2=O)c1. The van der Waals surface area contributed by atoms with Gasteiger partial charge in [0.25, 0.3) is 11.1 Å². The van der Waals surface area contributed by atoms with Crippen molar-refractivity contribution in [2.45, 2.75) is 33.1 Å². The fraction of sp³-hybridized carbons (Fsp3) is 0.261. The van der Waals surface area contributed by atoms with Crippen LogP contribution in [0.25, 0.3) is 6.08 Å².